The third-order valence-corrected chi connectivity index (χ3v) is 2.85. The average Bonchev–Trinajstić information content (AvgIpc) is 2.61. The second kappa shape index (κ2) is 4.52. The summed E-state index contributed by atoms with van der Waals surface area (Å²) in [6, 6.07) is 8.52. The van der Waals surface area contributed by atoms with Gasteiger partial charge in [-0.15, -0.1) is 0 Å². The molecule has 0 atom stereocenters. The quantitative estimate of drug-likeness (QED) is 0.765. The maximum Gasteiger partial charge on any atom is 0.136 e. The molecule has 0 N–H and O–H groups in total. The topological polar surface area (TPSA) is 17.8 Å². The molecule has 0 aromatic carbocycles. The van der Waals surface area contributed by atoms with Gasteiger partial charge in [0.2, 0.25) is 0 Å². The van der Waals surface area contributed by atoms with Crippen LogP contribution in [-0.4, -0.2) is 9.55 Å². The summed E-state index contributed by atoms with van der Waals surface area (Å²) in [5.41, 5.74) is 3.77. The van der Waals surface area contributed by atoms with Crippen molar-refractivity contribution in [2.24, 2.45) is 0 Å². The molecule has 0 bridgehead atoms. The van der Waals surface area contributed by atoms with E-state index in [1.165, 1.54) is 23.4 Å². The Labute approximate surface area is 97.0 Å². The molecule has 16 heavy (non-hydrogen) atoms. The number of aromatic nitrogens is 2. The molecule has 0 aliphatic heterocycles. The predicted molar refractivity (Wildman–Crippen MR) is 67.0 cm³/mol. The van der Waals surface area contributed by atoms with Crippen molar-refractivity contribution in [1.82, 2.24) is 9.55 Å². The number of aryl methyl sites for hydroxylation is 3. The summed E-state index contributed by atoms with van der Waals surface area (Å²) < 4.78 is 2.18. The molecule has 0 aliphatic carbocycles. The second-order valence-corrected chi connectivity index (χ2v) is 4.23. The SMILES string of the molecule is CCCc1ccc(-n2c(C)ccc2C)nc1. The first-order valence-electron chi connectivity index (χ1n) is 5.82. The zero-order valence-electron chi connectivity index (χ0n) is 10.2. The van der Waals surface area contributed by atoms with Crippen LogP contribution in [0, 0.1) is 13.8 Å². The molecular weight excluding hydrogens is 196 g/mol. The number of hydrogen-bond acceptors (Lipinski definition) is 1. The molecule has 84 valence electrons. The maximum absolute atomic E-state index is 4.52. The fourth-order valence-corrected chi connectivity index (χ4v) is 2.02. The van der Waals surface area contributed by atoms with Crippen LogP contribution in [0.15, 0.2) is 30.5 Å². The molecule has 2 aromatic heterocycles. The van der Waals surface area contributed by atoms with Gasteiger partial charge in [-0.25, -0.2) is 4.98 Å². The Kier molecular flexibility index (Phi) is 3.09. The standard InChI is InChI=1S/C14H18N2/c1-4-5-13-8-9-14(15-10-13)16-11(2)6-7-12(16)3/h6-10H,4-5H2,1-3H3. The Morgan fingerprint density at radius 3 is 2.25 bits per heavy atom. The minimum Gasteiger partial charge on any atom is -0.303 e. The van der Waals surface area contributed by atoms with Gasteiger partial charge in [0.05, 0.1) is 0 Å². The third-order valence-electron chi connectivity index (χ3n) is 2.85. The van der Waals surface area contributed by atoms with Crippen LogP contribution in [0.4, 0.5) is 0 Å². The van der Waals surface area contributed by atoms with E-state index in [1.807, 2.05) is 6.20 Å². The molecule has 2 nitrogen and oxygen atoms in total. The molecule has 0 saturated carbocycles. The lowest BCUT2D eigenvalue weighted by atomic mass is 10.2. The minimum absolute atomic E-state index is 1.01. The highest BCUT2D eigenvalue weighted by atomic mass is 15.1. The molecule has 0 amide bonds. The normalized spacial score (nSPS) is 10.7. The van der Waals surface area contributed by atoms with Gasteiger partial charge >= 0.3 is 0 Å². The van der Waals surface area contributed by atoms with E-state index >= 15 is 0 Å². The first kappa shape index (κ1) is 10.9. The lowest BCUT2D eigenvalue weighted by Crippen LogP contribution is -2.01. The highest BCUT2D eigenvalue weighted by Crippen LogP contribution is 2.14. The van der Waals surface area contributed by atoms with Gasteiger partial charge in [-0.2, -0.15) is 0 Å². The molecule has 0 fully saturated rings. The molecule has 2 heterocycles. The van der Waals surface area contributed by atoms with Crippen LogP contribution in [0.3, 0.4) is 0 Å². The van der Waals surface area contributed by atoms with Crippen molar-refractivity contribution in [2.75, 3.05) is 0 Å². The molecule has 0 unspecified atom stereocenters. The summed E-state index contributed by atoms with van der Waals surface area (Å²) in [4.78, 5) is 4.52. The van der Waals surface area contributed by atoms with Gasteiger partial charge in [0.25, 0.3) is 0 Å². The monoisotopic (exact) mass is 214 g/mol. The molecule has 0 saturated heterocycles. The maximum atomic E-state index is 4.52. The first-order valence-corrected chi connectivity index (χ1v) is 5.82. The van der Waals surface area contributed by atoms with Gasteiger partial charge in [-0.1, -0.05) is 19.4 Å². The predicted octanol–water partition coefficient (Wildman–Crippen LogP) is 3.44. The highest BCUT2D eigenvalue weighted by molar-refractivity contribution is 5.32. The fraction of sp³-hybridized carbons (Fsp3) is 0.357. The number of hydrogen-bond donors (Lipinski definition) is 0. The van der Waals surface area contributed by atoms with Crippen molar-refractivity contribution >= 4 is 0 Å². The molecule has 0 radical (unpaired) electrons. The van der Waals surface area contributed by atoms with Crippen molar-refractivity contribution in [3.63, 3.8) is 0 Å². The van der Waals surface area contributed by atoms with Crippen molar-refractivity contribution in [1.29, 1.82) is 0 Å². The average molecular weight is 214 g/mol. The second-order valence-electron chi connectivity index (χ2n) is 4.23. The number of rotatable bonds is 3. The largest absolute Gasteiger partial charge is 0.303 e. The zero-order valence-corrected chi connectivity index (χ0v) is 10.2. The Hall–Kier alpha value is -1.57. The van der Waals surface area contributed by atoms with E-state index in [-0.39, 0.29) is 0 Å². The van der Waals surface area contributed by atoms with Crippen LogP contribution in [-0.2, 0) is 6.42 Å². The van der Waals surface area contributed by atoms with Gasteiger partial charge in [0, 0.05) is 17.6 Å². The summed E-state index contributed by atoms with van der Waals surface area (Å²) in [6.07, 6.45) is 4.26. The van der Waals surface area contributed by atoms with E-state index < -0.39 is 0 Å². The summed E-state index contributed by atoms with van der Waals surface area (Å²) in [7, 11) is 0. The van der Waals surface area contributed by atoms with Crippen LogP contribution in [0.25, 0.3) is 5.82 Å². The summed E-state index contributed by atoms with van der Waals surface area (Å²) in [5.74, 6) is 1.01. The van der Waals surface area contributed by atoms with E-state index in [0.29, 0.717) is 0 Å². The van der Waals surface area contributed by atoms with Gasteiger partial charge in [0.1, 0.15) is 5.82 Å². The number of pyridine rings is 1. The van der Waals surface area contributed by atoms with E-state index in [9.17, 15) is 0 Å². The van der Waals surface area contributed by atoms with E-state index in [2.05, 4.69) is 54.6 Å². The van der Waals surface area contributed by atoms with Crippen LogP contribution in [0.2, 0.25) is 0 Å². The van der Waals surface area contributed by atoms with Crippen molar-refractivity contribution in [3.05, 3.63) is 47.4 Å². The van der Waals surface area contributed by atoms with Crippen LogP contribution >= 0.6 is 0 Å². The molecule has 0 spiro atoms. The van der Waals surface area contributed by atoms with Crippen molar-refractivity contribution < 1.29 is 0 Å². The fourth-order valence-electron chi connectivity index (χ4n) is 2.02. The van der Waals surface area contributed by atoms with E-state index in [1.54, 1.807) is 0 Å². The van der Waals surface area contributed by atoms with E-state index in [4.69, 9.17) is 0 Å². The molecule has 0 aliphatic rings. The Bertz CT molecular complexity index is 446. The van der Waals surface area contributed by atoms with Crippen molar-refractivity contribution in [3.8, 4) is 5.82 Å². The highest BCUT2D eigenvalue weighted by Gasteiger charge is 2.04. The smallest absolute Gasteiger partial charge is 0.136 e. The van der Waals surface area contributed by atoms with Crippen LogP contribution in [0.5, 0.6) is 0 Å². The summed E-state index contributed by atoms with van der Waals surface area (Å²) >= 11 is 0. The minimum atomic E-state index is 1.01. The lowest BCUT2D eigenvalue weighted by molar-refractivity contribution is 0.888. The number of nitrogens with zero attached hydrogens (tertiary/aromatic N) is 2. The van der Waals surface area contributed by atoms with E-state index in [0.717, 1.165) is 12.2 Å². The van der Waals surface area contributed by atoms with Gasteiger partial charge in [-0.3, -0.25) is 0 Å². The summed E-state index contributed by atoms with van der Waals surface area (Å²) in [6.45, 7) is 6.40. The summed E-state index contributed by atoms with van der Waals surface area (Å²) in [5, 5.41) is 0. The lowest BCUT2D eigenvalue weighted by Gasteiger charge is -2.08. The molecule has 2 aromatic rings. The third kappa shape index (κ3) is 2.01. The van der Waals surface area contributed by atoms with Gasteiger partial charge in [0.15, 0.2) is 0 Å². The van der Waals surface area contributed by atoms with Crippen molar-refractivity contribution in [2.45, 2.75) is 33.6 Å². The Morgan fingerprint density at radius 2 is 1.75 bits per heavy atom. The van der Waals surface area contributed by atoms with Gasteiger partial charge in [-0.05, 0) is 44.0 Å². The van der Waals surface area contributed by atoms with Crippen LogP contribution < -0.4 is 0 Å². The Balaban J connectivity index is 2.35. The molecule has 2 heteroatoms. The van der Waals surface area contributed by atoms with Gasteiger partial charge < -0.3 is 4.57 Å². The Morgan fingerprint density at radius 1 is 1.06 bits per heavy atom. The molecule has 2 rings (SSSR count). The zero-order chi connectivity index (χ0) is 11.5. The van der Waals surface area contributed by atoms with Crippen LogP contribution in [0.1, 0.15) is 30.3 Å². The first-order chi connectivity index (χ1) is 7.72. The molecular formula is C14H18N2.